The fraction of sp³-hybridized carbons (Fsp3) is 0. The Kier molecular flexibility index (Phi) is 3.13. The zero-order valence-electron chi connectivity index (χ0n) is 4.76. The first kappa shape index (κ1) is 8.34. The molecule has 9 heavy (non-hydrogen) atoms. The van der Waals surface area contributed by atoms with Crippen LogP contribution in [-0.4, -0.2) is 0 Å². The summed E-state index contributed by atoms with van der Waals surface area (Å²) in [7, 11) is 0. The molecule has 0 spiro atoms. The standard InChI is InChI=1S/C6H7N2.Mn/c7-5-2-1-3-6(8)4-5;/h1-2,4H,7-8H2;/q-1;. The molecule has 1 rings (SSSR count). The normalized spacial score (nSPS) is 8.00. The van der Waals surface area contributed by atoms with Gasteiger partial charge in [-0.3, -0.25) is 0 Å². The van der Waals surface area contributed by atoms with Crippen molar-refractivity contribution in [3.63, 3.8) is 0 Å². The van der Waals surface area contributed by atoms with Crippen molar-refractivity contribution < 1.29 is 17.1 Å². The fourth-order valence-corrected chi connectivity index (χ4v) is 0.503. The maximum atomic E-state index is 5.36. The van der Waals surface area contributed by atoms with Crippen molar-refractivity contribution in [2.45, 2.75) is 0 Å². The van der Waals surface area contributed by atoms with Crippen molar-refractivity contribution >= 4 is 11.4 Å². The van der Waals surface area contributed by atoms with Crippen LogP contribution in [0.25, 0.3) is 0 Å². The second-order valence-electron chi connectivity index (χ2n) is 1.58. The molecule has 49 valence electrons. The van der Waals surface area contributed by atoms with E-state index >= 15 is 0 Å². The Morgan fingerprint density at radius 2 is 2.00 bits per heavy atom. The van der Waals surface area contributed by atoms with Gasteiger partial charge in [0.25, 0.3) is 0 Å². The van der Waals surface area contributed by atoms with Crippen LogP contribution < -0.4 is 11.5 Å². The van der Waals surface area contributed by atoms with Gasteiger partial charge < -0.3 is 11.5 Å². The minimum Gasteiger partial charge on any atom is -0.420 e. The van der Waals surface area contributed by atoms with E-state index in [1.165, 1.54) is 0 Å². The second-order valence-corrected chi connectivity index (χ2v) is 1.58. The summed E-state index contributed by atoms with van der Waals surface area (Å²) in [6.45, 7) is 0. The Labute approximate surface area is 64.7 Å². The van der Waals surface area contributed by atoms with Gasteiger partial charge in [0.05, 0.1) is 0 Å². The summed E-state index contributed by atoms with van der Waals surface area (Å²) in [6, 6.07) is 7.88. The van der Waals surface area contributed by atoms with Crippen LogP contribution in [0.1, 0.15) is 0 Å². The van der Waals surface area contributed by atoms with Crippen molar-refractivity contribution in [1.29, 1.82) is 0 Å². The molecule has 0 heterocycles. The van der Waals surface area contributed by atoms with Crippen LogP contribution in [0.15, 0.2) is 18.2 Å². The third-order valence-corrected chi connectivity index (χ3v) is 0.848. The number of nitrogen functional groups attached to an aromatic ring is 2. The number of anilines is 2. The van der Waals surface area contributed by atoms with Crippen molar-refractivity contribution in [3.8, 4) is 0 Å². The molecule has 0 aliphatic carbocycles. The first-order chi connectivity index (χ1) is 3.79. The molecule has 0 amide bonds. The number of hydrogen-bond acceptors (Lipinski definition) is 2. The van der Waals surface area contributed by atoms with Gasteiger partial charge in [0.1, 0.15) is 0 Å². The van der Waals surface area contributed by atoms with Crippen LogP contribution in [0.3, 0.4) is 0 Å². The van der Waals surface area contributed by atoms with E-state index < -0.39 is 0 Å². The van der Waals surface area contributed by atoms with Gasteiger partial charge in [-0.15, -0.1) is 12.1 Å². The molecule has 0 saturated heterocycles. The van der Waals surface area contributed by atoms with Crippen molar-refractivity contribution in [2.24, 2.45) is 0 Å². The van der Waals surface area contributed by atoms with Gasteiger partial charge in [0.15, 0.2) is 0 Å². The zero-order valence-corrected chi connectivity index (χ0v) is 5.95. The number of hydrogen-bond donors (Lipinski definition) is 2. The summed E-state index contributed by atoms with van der Waals surface area (Å²) >= 11 is 0. The number of benzene rings is 1. The predicted molar refractivity (Wildman–Crippen MR) is 34.1 cm³/mol. The van der Waals surface area contributed by atoms with E-state index in [-0.39, 0.29) is 17.1 Å². The van der Waals surface area contributed by atoms with Gasteiger partial charge in [-0.05, 0) is 0 Å². The first-order valence-electron chi connectivity index (χ1n) is 2.32. The van der Waals surface area contributed by atoms with E-state index in [1.54, 1.807) is 18.2 Å². The molecule has 3 heteroatoms. The maximum absolute atomic E-state index is 5.36. The summed E-state index contributed by atoms with van der Waals surface area (Å²) in [5.41, 5.74) is 12.0. The molecule has 1 aromatic carbocycles. The molecule has 0 aliphatic heterocycles. The molecule has 4 N–H and O–H groups in total. The van der Waals surface area contributed by atoms with Crippen LogP contribution in [0, 0.1) is 6.07 Å². The first-order valence-corrected chi connectivity index (χ1v) is 2.32. The summed E-state index contributed by atoms with van der Waals surface area (Å²) in [5, 5.41) is 0. The quantitative estimate of drug-likeness (QED) is 0.334. The molecule has 1 aromatic rings. The van der Waals surface area contributed by atoms with Crippen LogP contribution in [0.5, 0.6) is 0 Å². The molecule has 0 bridgehead atoms. The monoisotopic (exact) mass is 162 g/mol. The molecule has 2 nitrogen and oxygen atoms in total. The minimum atomic E-state index is 0. The van der Waals surface area contributed by atoms with E-state index in [2.05, 4.69) is 6.07 Å². The molecule has 0 atom stereocenters. The fourth-order valence-electron chi connectivity index (χ4n) is 0.503. The predicted octanol–water partition coefficient (Wildman–Crippen LogP) is 0.649. The van der Waals surface area contributed by atoms with E-state index in [0.29, 0.717) is 11.4 Å². The molecule has 0 aliphatic rings. The van der Waals surface area contributed by atoms with Crippen LogP contribution in [-0.2, 0) is 17.1 Å². The number of nitrogens with two attached hydrogens (primary N) is 2. The third-order valence-electron chi connectivity index (χ3n) is 0.848. The summed E-state index contributed by atoms with van der Waals surface area (Å²) in [6.07, 6.45) is 0. The van der Waals surface area contributed by atoms with Gasteiger partial charge in [0, 0.05) is 17.1 Å². The van der Waals surface area contributed by atoms with Crippen molar-refractivity contribution in [1.82, 2.24) is 0 Å². The number of rotatable bonds is 0. The smallest absolute Gasteiger partial charge is 0 e. The summed E-state index contributed by atoms with van der Waals surface area (Å²) < 4.78 is 0. The molecule has 0 unspecified atom stereocenters. The Morgan fingerprint density at radius 1 is 1.33 bits per heavy atom. The Balaban J connectivity index is 0.000000640. The van der Waals surface area contributed by atoms with Crippen LogP contribution in [0.4, 0.5) is 11.4 Å². The summed E-state index contributed by atoms with van der Waals surface area (Å²) in [4.78, 5) is 0. The molecule has 0 saturated carbocycles. The Morgan fingerprint density at radius 3 is 2.33 bits per heavy atom. The average molecular weight is 162 g/mol. The van der Waals surface area contributed by atoms with E-state index in [4.69, 9.17) is 11.5 Å². The van der Waals surface area contributed by atoms with Gasteiger partial charge >= 0.3 is 0 Å². The maximum Gasteiger partial charge on any atom is 0 e. The van der Waals surface area contributed by atoms with Crippen molar-refractivity contribution in [3.05, 3.63) is 24.3 Å². The van der Waals surface area contributed by atoms with Gasteiger partial charge in [-0.2, -0.15) is 12.1 Å². The SMILES string of the molecule is Nc1[c-]ccc(N)c1.[Mn]. The molecule has 1 radical (unpaired) electrons. The van der Waals surface area contributed by atoms with Gasteiger partial charge in [-0.25, -0.2) is 0 Å². The third kappa shape index (κ3) is 2.40. The average Bonchev–Trinajstić information content (AvgIpc) is 1.64. The largest absolute Gasteiger partial charge is 0.420 e. The van der Waals surface area contributed by atoms with E-state index in [0.717, 1.165) is 0 Å². The Hall–Kier alpha value is -0.661. The topological polar surface area (TPSA) is 52.0 Å². The zero-order chi connectivity index (χ0) is 5.98. The second kappa shape index (κ2) is 3.38. The molecular weight excluding hydrogens is 155 g/mol. The van der Waals surface area contributed by atoms with Gasteiger partial charge in [0.2, 0.25) is 0 Å². The molecular formula is C6H7MnN2-. The minimum absolute atomic E-state index is 0. The van der Waals surface area contributed by atoms with Crippen molar-refractivity contribution in [2.75, 3.05) is 11.5 Å². The van der Waals surface area contributed by atoms with E-state index in [1.807, 2.05) is 0 Å². The Bertz CT molecular complexity index is 171. The van der Waals surface area contributed by atoms with Crippen LogP contribution in [0.2, 0.25) is 0 Å². The summed E-state index contributed by atoms with van der Waals surface area (Å²) in [5.74, 6) is 0. The van der Waals surface area contributed by atoms with E-state index in [9.17, 15) is 0 Å². The molecule has 0 aromatic heterocycles. The van der Waals surface area contributed by atoms with Gasteiger partial charge in [-0.1, -0.05) is 11.4 Å². The van der Waals surface area contributed by atoms with Crippen LogP contribution >= 0.6 is 0 Å². The molecule has 0 fully saturated rings.